The van der Waals surface area contributed by atoms with E-state index in [-0.39, 0.29) is 18.6 Å². The number of benzene rings is 1. The summed E-state index contributed by atoms with van der Waals surface area (Å²) in [4.78, 5) is 24.3. The molecule has 1 aliphatic heterocycles. The van der Waals surface area contributed by atoms with Crippen molar-refractivity contribution in [2.45, 2.75) is 44.2 Å². The van der Waals surface area contributed by atoms with Crippen LogP contribution in [0, 0.1) is 0 Å². The van der Waals surface area contributed by atoms with Crippen molar-refractivity contribution < 1.29 is 24.5 Å². The van der Waals surface area contributed by atoms with Crippen LogP contribution in [-0.4, -0.2) is 58.9 Å². The topological polar surface area (TPSA) is 87.1 Å². The third-order valence-electron chi connectivity index (χ3n) is 4.43. The zero-order chi connectivity index (χ0) is 19.6. The normalized spacial score (nSPS) is 18.4. The van der Waals surface area contributed by atoms with Crippen molar-refractivity contribution in [1.82, 2.24) is 4.90 Å². The molecule has 27 heavy (non-hydrogen) atoms. The lowest BCUT2D eigenvalue weighted by molar-refractivity contribution is -0.142. The predicted octanol–water partition coefficient (Wildman–Crippen LogP) is 2.67. The molecule has 0 spiro atoms. The average Bonchev–Trinajstić information content (AvgIpc) is 2.96. The van der Waals surface area contributed by atoms with Crippen LogP contribution in [0.4, 0.5) is 0 Å². The number of halogens is 1. The minimum absolute atomic E-state index is 0.00792. The second-order valence-electron chi connectivity index (χ2n) is 6.63. The Morgan fingerprint density at radius 1 is 1.41 bits per heavy atom. The van der Waals surface area contributed by atoms with Crippen LogP contribution in [-0.2, 0) is 20.7 Å². The molecule has 0 aliphatic carbocycles. The van der Waals surface area contributed by atoms with Gasteiger partial charge in [-0.1, -0.05) is 35.9 Å². The number of unbranched alkanes of at least 4 members (excludes halogenated alkanes) is 1. The van der Waals surface area contributed by atoms with Crippen molar-refractivity contribution in [1.29, 1.82) is 0 Å². The summed E-state index contributed by atoms with van der Waals surface area (Å²) in [6.07, 6.45) is 6.19. The summed E-state index contributed by atoms with van der Waals surface area (Å²) < 4.78 is 5.00. The Morgan fingerprint density at radius 2 is 2.22 bits per heavy atom. The highest BCUT2D eigenvalue weighted by Gasteiger charge is 2.28. The molecule has 148 valence electrons. The largest absolute Gasteiger partial charge is 0.480 e. The van der Waals surface area contributed by atoms with Gasteiger partial charge in [0.1, 0.15) is 6.61 Å². The number of rotatable bonds is 11. The third-order valence-corrected chi connectivity index (χ3v) is 4.66. The fourth-order valence-electron chi connectivity index (χ4n) is 3.12. The zero-order valence-corrected chi connectivity index (χ0v) is 16.0. The monoisotopic (exact) mass is 395 g/mol. The van der Waals surface area contributed by atoms with Gasteiger partial charge in [-0.15, -0.1) is 0 Å². The van der Waals surface area contributed by atoms with E-state index in [1.807, 2.05) is 29.2 Å². The van der Waals surface area contributed by atoms with Crippen LogP contribution in [0.2, 0.25) is 5.02 Å². The Morgan fingerprint density at radius 3 is 2.96 bits per heavy atom. The highest BCUT2D eigenvalue weighted by molar-refractivity contribution is 6.30. The zero-order valence-electron chi connectivity index (χ0n) is 15.2. The number of carboxylic acid groups (broad SMARTS) is 1. The van der Waals surface area contributed by atoms with Crippen molar-refractivity contribution >= 4 is 23.5 Å². The van der Waals surface area contributed by atoms with E-state index in [2.05, 4.69) is 0 Å². The number of ether oxygens (including phenoxy) is 1. The van der Waals surface area contributed by atoms with Crippen LogP contribution >= 0.6 is 11.6 Å². The molecule has 1 fully saturated rings. The van der Waals surface area contributed by atoms with E-state index in [0.29, 0.717) is 37.4 Å². The number of nitrogens with zero attached hydrogens (tertiary/aromatic N) is 1. The maximum absolute atomic E-state index is 12.1. The van der Waals surface area contributed by atoms with E-state index in [9.17, 15) is 14.7 Å². The van der Waals surface area contributed by atoms with Crippen molar-refractivity contribution in [2.75, 3.05) is 19.8 Å². The van der Waals surface area contributed by atoms with Gasteiger partial charge in [0, 0.05) is 31.0 Å². The molecule has 1 aromatic carbocycles. The fourth-order valence-corrected chi connectivity index (χ4v) is 3.34. The Balaban J connectivity index is 1.77. The van der Waals surface area contributed by atoms with E-state index >= 15 is 0 Å². The van der Waals surface area contributed by atoms with Gasteiger partial charge < -0.3 is 19.8 Å². The van der Waals surface area contributed by atoms with Crippen LogP contribution < -0.4 is 0 Å². The number of amides is 1. The molecule has 0 radical (unpaired) electrons. The first-order chi connectivity index (χ1) is 13.0. The number of hydrogen-bond donors (Lipinski definition) is 2. The van der Waals surface area contributed by atoms with E-state index in [1.165, 1.54) is 0 Å². The molecule has 2 atom stereocenters. The highest BCUT2D eigenvalue weighted by Crippen LogP contribution is 2.21. The van der Waals surface area contributed by atoms with Gasteiger partial charge in [-0.05, 0) is 37.0 Å². The third kappa shape index (κ3) is 7.71. The summed E-state index contributed by atoms with van der Waals surface area (Å²) in [6, 6.07) is 7.39. The molecule has 1 saturated heterocycles. The van der Waals surface area contributed by atoms with Crippen molar-refractivity contribution in [3.63, 3.8) is 0 Å². The first-order valence-corrected chi connectivity index (χ1v) is 9.53. The molecule has 1 aromatic rings. The predicted molar refractivity (Wildman–Crippen MR) is 103 cm³/mol. The SMILES string of the molecule is O=C(O)COCCCCN1C(=O)CC[C@@H]1/C=C/C(O)Cc1cccc(Cl)c1. The fraction of sp³-hybridized carbons (Fsp3) is 0.500. The van der Waals surface area contributed by atoms with Gasteiger partial charge in [-0.25, -0.2) is 4.79 Å². The van der Waals surface area contributed by atoms with Crippen molar-refractivity contribution in [3.05, 3.63) is 47.0 Å². The molecule has 1 aliphatic rings. The molecule has 0 bridgehead atoms. The molecule has 0 aromatic heterocycles. The summed E-state index contributed by atoms with van der Waals surface area (Å²) in [5, 5.41) is 19.4. The van der Waals surface area contributed by atoms with Gasteiger partial charge in [0.05, 0.1) is 12.1 Å². The maximum atomic E-state index is 12.1. The summed E-state index contributed by atoms with van der Waals surface area (Å²) in [6.45, 7) is 0.681. The molecule has 1 heterocycles. The number of aliphatic hydroxyl groups is 1. The quantitative estimate of drug-likeness (QED) is 0.444. The summed E-state index contributed by atoms with van der Waals surface area (Å²) in [7, 11) is 0. The highest BCUT2D eigenvalue weighted by atomic mass is 35.5. The molecule has 0 saturated carbocycles. The average molecular weight is 396 g/mol. The van der Waals surface area contributed by atoms with Crippen LogP contribution in [0.5, 0.6) is 0 Å². The van der Waals surface area contributed by atoms with Crippen LogP contribution in [0.15, 0.2) is 36.4 Å². The van der Waals surface area contributed by atoms with Gasteiger partial charge in [0.25, 0.3) is 0 Å². The van der Waals surface area contributed by atoms with Crippen LogP contribution in [0.25, 0.3) is 0 Å². The van der Waals surface area contributed by atoms with Crippen LogP contribution in [0.1, 0.15) is 31.2 Å². The lowest BCUT2D eigenvalue weighted by Crippen LogP contribution is -2.33. The number of aliphatic carboxylic acids is 1. The molecular weight excluding hydrogens is 370 g/mol. The first-order valence-electron chi connectivity index (χ1n) is 9.15. The van der Waals surface area contributed by atoms with Gasteiger partial charge in [-0.2, -0.15) is 0 Å². The molecular formula is C20H26ClNO5. The number of aliphatic hydroxyl groups excluding tert-OH is 1. The Hall–Kier alpha value is -1.89. The minimum atomic E-state index is -0.980. The van der Waals surface area contributed by atoms with Gasteiger partial charge >= 0.3 is 5.97 Å². The Bertz CT molecular complexity index is 664. The Labute approximate surface area is 164 Å². The second kappa shape index (κ2) is 11.1. The van der Waals surface area contributed by atoms with Gasteiger partial charge in [-0.3, -0.25) is 4.79 Å². The van der Waals surface area contributed by atoms with E-state index in [0.717, 1.165) is 18.4 Å². The number of likely N-dealkylation sites (tertiary alicyclic amines) is 1. The molecule has 7 heteroatoms. The number of carbonyl (C=O) groups excluding carboxylic acids is 1. The molecule has 6 nitrogen and oxygen atoms in total. The summed E-state index contributed by atoms with van der Waals surface area (Å²) in [5.41, 5.74) is 0.959. The minimum Gasteiger partial charge on any atom is -0.480 e. The van der Waals surface area contributed by atoms with Crippen LogP contribution in [0.3, 0.4) is 0 Å². The molecule has 1 amide bonds. The smallest absolute Gasteiger partial charge is 0.329 e. The molecule has 2 N–H and O–H groups in total. The molecule has 2 rings (SSSR count). The van der Waals surface area contributed by atoms with Crippen molar-refractivity contribution in [3.8, 4) is 0 Å². The van der Waals surface area contributed by atoms with Gasteiger partial charge in [0.15, 0.2) is 0 Å². The Kier molecular flexibility index (Phi) is 8.78. The number of carbonyl (C=O) groups is 2. The lowest BCUT2D eigenvalue weighted by atomic mass is 10.1. The number of carboxylic acids is 1. The van der Waals surface area contributed by atoms with Gasteiger partial charge in [0.2, 0.25) is 5.91 Å². The van der Waals surface area contributed by atoms with E-state index in [4.69, 9.17) is 21.4 Å². The van der Waals surface area contributed by atoms with E-state index < -0.39 is 12.1 Å². The van der Waals surface area contributed by atoms with E-state index in [1.54, 1.807) is 12.1 Å². The van der Waals surface area contributed by atoms with Crippen molar-refractivity contribution in [2.24, 2.45) is 0 Å². The summed E-state index contributed by atoms with van der Waals surface area (Å²) >= 11 is 5.96. The maximum Gasteiger partial charge on any atom is 0.329 e. The number of hydrogen-bond acceptors (Lipinski definition) is 4. The summed E-state index contributed by atoms with van der Waals surface area (Å²) in [5.74, 6) is -0.869. The second-order valence-corrected chi connectivity index (χ2v) is 7.07. The lowest BCUT2D eigenvalue weighted by Gasteiger charge is -2.22. The molecule has 1 unspecified atom stereocenters. The standard InChI is InChI=1S/C20H26ClNO5/c21-16-5-3-4-15(12-16)13-18(23)8-6-17-7-9-19(24)22(17)10-1-2-11-27-14-20(25)26/h3-6,8,12,17-18,23H,1-2,7,9-11,13-14H2,(H,25,26)/b8-6+/t17-,18?/m0/s1. The first kappa shape index (κ1) is 21.4.